The van der Waals surface area contributed by atoms with Crippen molar-refractivity contribution in [2.24, 2.45) is 0 Å². The average Bonchev–Trinajstić information content (AvgIpc) is 2.85. The largest absolute Gasteiger partial charge is 0.508 e. The van der Waals surface area contributed by atoms with Crippen LogP contribution in [0.4, 0.5) is 0 Å². The van der Waals surface area contributed by atoms with E-state index in [-0.39, 0.29) is 17.1 Å². The molecule has 0 radical (unpaired) electrons. The molecule has 0 aliphatic heterocycles. The van der Waals surface area contributed by atoms with E-state index >= 15 is 0 Å². The number of benzene rings is 1. The molecule has 0 saturated heterocycles. The van der Waals surface area contributed by atoms with Crippen LogP contribution in [0, 0.1) is 13.8 Å². The molecule has 134 valence electrons. The minimum atomic E-state index is -0.834. The van der Waals surface area contributed by atoms with Gasteiger partial charge in [0.05, 0.1) is 6.61 Å². The number of carbonyl (C=O) groups is 2. The third kappa shape index (κ3) is 4.19. The summed E-state index contributed by atoms with van der Waals surface area (Å²) >= 11 is 0. The molecule has 0 bridgehead atoms. The van der Waals surface area contributed by atoms with E-state index in [9.17, 15) is 19.8 Å². The number of hydrogen-bond acceptors (Lipinski definition) is 6. The Kier molecular flexibility index (Phi) is 5.82. The Balaban J connectivity index is 2.06. The molecule has 1 aromatic carbocycles. The Morgan fingerprint density at radius 2 is 1.84 bits per heavy atom. The Morgan fingerprint density at radius 1 is 1.12 bits per heavy atom. The fourth-order valence-corrected chi connectivity index (χ4v) is 2.59. The molecule has 0 atom stereocenters. The summed E-state index contributed by atoms with van der Waals surface area (Å²) in [4.78, 5) is 24.3. The number of phenols is 2. The van der Waals surface area contributed by atoms with Crippen molar-refractivity contribution in [1.29, 1.82) is 0 Å². The first-order chi connectivity index (χ1) is 11.8. The highest BCUT2D eigenvalue weighted by molar-refractivity contribution is 6.01. The van der Waals surface area contributed by atoms with Crippen LogP contribution in [0.25, 0.3) is 0 Å². The van der Waals surface area contributed by atoms with Gasteiger partial charge in [0.15, 0.2) is 6.61 Å². The first-order valence-corrected chi connectivity index (χ1v) is 7.73. The van der Waals surface area contributed by atoms with E-state index in [0.717, 1.165) is 17.5 Å². The first kappa shape index (κ1) is 18.5. The average molecular weight is 347 g/mol. The molecule has 2 rings (SSSR count). The van der Waals surface area contributed by atoms with Crippen molar-refractivity contribution in [3.63, 3.8) is 0 Å². The summed E-state index contributed by atoms with van der Waals surface area (Å²) in [6.45, 7) is 4.43. The molecule has 0 unspecified atom stereocenters. The lowest BCUT2D eigenvalue weighted by molar-refractivity contribution is 0.0471. The van der Waals surface area contributed by atoms with Gasteiger partial charge in [-0.15, -0.1) is 0 Å². The zero-order valence-electron chi connectivity index (χ0n) is 14.4. The molecule has 25 heavy (non-hydrogen) atoms. The van der Waals surface area contributed by atoms with Crippen molar-refractivity contribution in [3.8, 4) is 11.5 Å². The second kappa shape index (κ2) is 7.85. The molecule has 2 aromatic rings. The second-order valence-electron chi connectivity index (χ2n) is 5.63. The smallest absolute Gasteiger partial charge is 0.342 e. The van der Waals surface area contributed by atoms with Crippen molar-refractivity contribution in [1.82, 2.24) is 4.57 Å². The number of hydrogen-bond donors (Lipinski definition) is 2. The van der Waals surface area contributed by atoms with Crippen LogP contribution in [0.2, 0.25) is 0 Å². The Morgan fingerprint density at radius 3 is 2.48 bits per heavy atom. The Bertz CT molecular complexity index is 793. The number of ketones is 1. The van der Waals surface area contributed by atoms with Gasteiger partial charge in [-0.2, -0.15) is 0 Å². The van der Waals surface area contributed by atoms with Crippen LogP contribution in [0.3, 0.4) is 0 Å². The number of methoxy groups -OCH3 is 1. The van der Waals surface area contributed by atoms with E-state index in [1.807, 2.05) is 18.4 Å². The van der Waals surface area contributed by atoms with E-state index in [1.165, 1.54) is 12.1 Å². The quantitative estimate of drug-likeness (QED) is 0.589. The number of esters is 1. The van der Waals surface area contributed by atoms with Gasteiger partial charge in [0.1, 0.15) is 17.1 Å². The molecule has 1 aromatic heterocycles. The Hall–Kier alpha value is -2.80. The second-order valence-corrected chi connectivity index (χ2v) is 5.63. The number of aromatic hydroxyl groups is 2. The SMILES string of the molecule is COCCn1c(C)cc(C(=O)COC(=O)c2ccc(O)cc2O)c1C. The van der Waals surface area contributed by atoms with Gasteiger partial charge in [0, 0.05) is 36.7 Å². The number of rotatable bonds is 7. The van der Waals surface area contributed by atoms with Crippen LogP contribution in [-0.4, -0.2) is 46.9 Å². The van der Waals surface area contributed by atoms with Crippen LogP contribution in [0.15, 0.2) is 24.3 Å². The van der Waals surface area contributed by atoms with E-state index in [2.05, 4.69) is 0 Å². The van der Waals surface area contributed by atoms with Crippen molar-refractivity contribution in [2.75, 3.05) is 20.3 Å². The maximum Gasteiger partial charge on any atom is 0.342 e. The highest BCUT2D eigenvalue weighted by Crippen LogP contribution is 2.23. The molecule has 0 aliphatic rings. The van der Waals surface area contributed by atoms with Crippen LogP contribution >= 0.6 is 0 Å². The molecular weight excluding hydrogens is 326 g/mol. The number of nitrogens with zero attached hydrogens (tertiary/aromatic N) is 1. The highest BCUT2D eigenvalue weighted by atomic mass is 16.5. The maximum atomic E-state index is 12.4. The number of phenolic OH excluding ortho intramolecular Hbond substituents is 2. The van der Waals surface area contributed by atoms with E-state index in [4.69, 9.17) is 9.47 Å². The number of ether oxygens (including phenoxy) is 2. The molecular formula is C18H21NO6. The predicted octanol–water partition coefficient (Wildman–Crippen LogP) is 2.20. The minimum Gasteiger partial charge on any atom is -0.508 e. The summed E-state index contributed by atoms with van der Waals surface area (Å²) in [6.07, 6.45) is 0. The summed E-state index contributed by atoms with van der Waals surface area (Å²) in [5.74, 6) is -1.74. The van der Waals surface area contributed by atoms with Gasteiger partial charge in [0.25, 0.3) is 0 Å². The number of aromatic nitrogens is 1. The summed E-state index contributed by atoms with van der Waals surface area (Å²) in [7, 11) is 1.61. The predicted molar refractivity (Wildman–Crippen MR) is 90.2 cm³/mol. The van der Waals surface area contributed by atoms with E-state index < -0.39 is 18.3 Å². The third-order valence-electron chi connectivity index (χ3n) is 3.93. The number of Topliss-reactive ketones (excluding diaryl/α,β-unsaturated/α-hetero) is 1. The van der Waals surface area contributed by atoms with Crippen molar-refractivity contribution >= 4 is 11.8 Å². The van der Waals surface area contributed by atoms with Crippen LogP contribution in [0.5, 0.6) is 11.5 Å². The highest BCUT2D eigenvalue weighted by Gasteiger charge is 2.19. The van der Waals surface area contributed by atoms with Gasteiger partial charge in [0.2, 0.25) is 5.78 Å². The van der Waals surface area contributed by atoms with Gasteiger partial charge in [-0.05, 0) is 32.0 Å². The summed E-state index contributed by atoms with van der Waals surface area (Å²) in [5.41, 5.74) is 2.07. The van der Waals surface area contributed by atoms with Gasteiger partial charge in [-0.25, -0.2) is 4.79 Å². The Labute approximate surface area is 145 Å². The van der Waals surface area contributed by atoms with Crippen LogP contribution in [-0.2, 0) is 16.0 Å². The molecule has 0 spiro atoms. The number of aryl methyl sites for hydroxylation is 1. The first-order valence-electron chi connectivity index (χ1n) is 7.73. The van der Waals surface area contributed by atoms with E-state index in [1.54, 1.807) is 13.2 Å². The third-order valence-corrected chi connectivity index (χ3v) is 3.93. The molecule has 7 nitrogen and oxygen atoms in total. The maximum absolute atomic E-state index is 12.4. The van der Waals surface area contributed by atoms with Crippen molar-refractivity contribution < 1.29 is 29.3 Å². The molecule has 2 N–H and O–H groups in total. The standard InChI is InChI=1S/C18H21NO6/c1-11-8-15(12(2)19(11)6-7-24-3)17(22)10-25-18(23)14-5-4-13(20)9-16(14)21/h4-5,8-9,20-21H,6-7,10H2,1-3H3. The van der Waals surface area contributed by atoms with E-state index in [0.29, 0.717) is 18.7 Å². The fraction of sp³-hybridized carbons (Fsp3) is 0.333. The molecule has 0 amide bonds. The normalized spacial score (nSPS) is 10.7. The van der Waals surface area contributed by atoms with Crippen LogP contribution < -0.4 is 0 Å². The van der Waals surface area contributed by atoms with Gasteiger partial charge < -0.3 is 24.3 Å². The van der Waals surface area contributed by atoms with Crippen molar-refractivity contribution in [3.05, 3.63) is 46.8 Å². The lowest BCUT2D eigenvalue weighted by atomic mass is 10.1. The zero-order valence-corrected chi connectivity index (χ0v) is 14.4. The molecule has 0 saturated carbocycles. The summed E-state index contributed by atoms with van der Waals surface area (Å²) in [5, 5.41) is 18.9. The lowest BCUT2D eigenvalue weighted by Gasteiger charge is -2.09. The molecule has 1 heterocycles. The number of carbonyl (C=O) groups excluding carboxylic acids is 2. The molecule has 0 aliphatic carbocycles. The van der Waals surface area contributed by atoms with Gasteiger partial charge >= 0.3 is 5.97 Å². The van der Waals surface area contributed by atoms with Crippen LogP contribution in [0.1, 0.15) is 32.1 Å². The summed E-state index contributed by atoms with van der Waals surface area (Å²) < 4.78 is 12.0. The summed E-state index contributed by atoms with van der Waals surface area (Å²) in [6, 6.07) is 5.26. The topological polar surface area (TPSA) is 98.0 Å². The van der Waals surface area contributed by atoms with Crippen molar-refractivity contribution in [2.45, 2.75) is 20.4 Å². The lowest BCUT2D eigenvalue weighted by Crippen LogP contribution is -2.15. The fourth-order valence-electron chi connectivity index (χ4n) is 2.59. The van der Waals surface area contributed by atoms with Gasteiger partial charge in [-0.1, -0.05) is 0 Å². The zero-order chi connectivity index (χ0) is 18.6. The molecule has 7 heteroatoms. The van der Waals surface area contributed by atoms with Gasteiger partial charge in [-0.3, -0.25) is 4.79 Å². The monoisotopic (exact) mass is 347 g/mol. The molecule has 0 fully saturated rings. The minimum absolute atomic E-state index is 0.115.